The molecule has 98 valence electrons. The molecular formula is C14H10BrN5. The molecule has 5 nitrogen and oxygen atoms in total. The van der Waals surface area contributed by atoms with E-state index in [1.54, 1.807) is 18.3 Å². The smallest absolute Gasteiger partial charge is 0.145 e. The maximum absolute atomic E-state index is 8.62. The molecule has 0 unspecified atom stereocenters. The van der Waals surface area contributed by atoms with Gasteiger partial charge in [0.25, 0.3) is 0 Å². The number of anilines is 1. The van der Waals surface area contributed by atoms with Crippen molar-refractivity contribution in [3.05, 3.63) is 58.5 Å². The quantitative estimate of drug-likeness (QED) is 0.875. The zero-order chi connectivity index (χ0) is 14.4. The Morgan fingerprint density at radius 1 is 1.30 bits per heavy atom. The van der Waals surface area contributed by atoms with Crippen molar-refractivity contribution in [1.29, 1.82) is 10.5 Å². The minimum Gasteiger partial charge on any atom is -0.360 e. The van der Waals surface area contributed by atoms with Crippen molar-refractivity contribution in [2.45, 2.75) is 6.54 Å². The van der Waals surface area contributed by atoms with E-state index in [9.17, 15) is 0 Å². The van der Waals surface area contributed by atoms with Crippen LogP contribution in [0.5, 0.6) is 0 Å². The van der Waals surface area contributed by atoms with E-state index in [0.29, 0.717) is 6.54 Å². The molecule has 0 amide bonds. The Morgan fingerprint density at radius 2 is 2.00 bits per heavy atom. The van der Waals surface area contributed by atoms with Crippen LogP contribution in [-0.2, 0) is 6.54 Å². The summed E-state index contributed by atoms with van der Waals surface area (Å²) in [6.45, 7) is 0.684. The predicted octanol–water partition coefficient (Wildman–Crippen LogP) is 3.04. The zero-order valence-corrected chi connectivity index (χ0v) is 12.0. The highest BCUT2D eigenvalue weighted by molar-refractivity contribution is 9.10. The SMILES string of the molecule is N#CC(C#N)=CNc1ccc(Cn2cc(Br)cn2)cc1. The Bertz CT molecular complexity index is 684. The van der Waals surface area contributed by atoms with E-state index in [2.05, 4.69) is 26.3 Å². The van der Waals surface area contributed by atoms with Gasteiger partial charge in [-0.3, -0.25) is 4.68 Å². The van der Waals surface area contributed by atoms with Crippen LogP contribution in [-0.4, -0.2) is 9.78 Å². The monoisotopic (exact) mass is 327 g/mol. The van der Waals surface area contributed by atoms with Gasteiger partial charge in [-0.15, -0.1) is 0 Å². The highest BCUT2D eigenvalue weighted by atomic mass is 79.9. The van der Waals surface area contributed by atoms with Crippen molar-refractivity contribution in [2.24, 2.45) is 0 Å². The lowest BCUT2D eigenvalue weighted by atomic mass is 10.2. The second-order valence-electron chi connectivity index (χ2n) is 3.98. The second kappa shape index (κ2) is 6.55. The van der Waals surface area contributed by atoms with Crippen molar-refractivity contribution >= 4 is 21.6 Å². The molecule has 1 N–H and O–H groups in total. The van der Waals surface area contributed by atoms with E-state index >= 15 is 0 Å². The van der Waals surface area contributed by atoms with Gasteiger partial charge in [0.1, 0.15) is 17.7 Å². The van der Waals surface area contributed by atoms with Crippen molar-refractivity contribution in [3.8, 4) is 12.1 Å². The zero-order valence-electron chi connectivity index (χ0n) is 10.4. The summed E-state index contributed by atoms with van der Waals surface area (Å²) in [5.74, 6) is 0. The van der Waals surface area contributed by atoms with Crippen LogP contribution in [0.15, 0.2) is 52.9 Å². The molecule has 0 aliphatic carbocycles. The van der Waals surface area contributed by atoms with Crippen LogP contribution in [0.2, 0.25) is 0 Å². The summed E-state index contributed by atoms with van der Waals surface area (Å²) in [5.41, 5.74) is 1.96. The van der Waals surface area contributed by atoms with Crippen LogP contribution in [0.25, 0.3) is 0 Å². The van der Waals surface area contributed by atoms with Gasteiger partial charge in [0, 0.05) is 18.1 Å². The molecule has 0 radical (unpaired) electrons. The van der Waals surface area contributed by atoms with Gasteiger partial charge in [0.15, 0.2) is 0 Å². The Labute approximate surface area is 124 Å². The Balaban J connectivity index is 2.02. The second-order valence-corrected chi connectivity index (χ2v) is 4.89. The fourth-order valence-electron chi connectivity index (χ4n) is 1.56. The van der Waals surface area contributed by atoms with Crippen LogP contribution >= 0.6 is 15.9 Å². The molecule has 0 saturated heterocycles. The molecule has 0 fully saturated rings. The topological polar surface area (TPSA) is 77.4 Å². The summed E-state index contributed by atoms with van der Waals surface area (Å²) in [4.78, 5) is 0. The number of nitrogens with one attached hydrogen (secondary N) is 1. The third kappa shape index (κ3) is 3.71. The van der Waals surface area contributed by atoms with Gasteiger partial charge in [-0.1, -0.05) is 12.1 Å². The molecule has 0 atom stereocenters. The third-order valence-corrected chi connectivity index (χ3v) is 2.93. The molecular weight excluding hydrogens is 318 g/mol. The highest BCUT2D eigenvalue weighted by Gasteiger charge is 1.98. The minimum absolute atomic E-state index is 0.0375. The first-order valence-corrected chi connectivity index (χ1v) is 6.54. The molecule has 0 bridgehead atoms. The Morgan fingerprint density at radius 3 is 2.55 bits per heavy atom. The van der Waals surface area contributed by atoms with Gasteiger partial charge in [0.05, 0.1) is 17.2 Å². The van der Waals surface area contributed by atoms with Crippen molar-refractivity contribution in [2.75, 3.05) is 5.32 Å². The van der Waals surface area contributed by atoms with Gasteiger partial charge < -0.3 is 5.32 Å². The molecule has 6 heteroatoms. The van der Waals surface area contributed by atoms with Gasteiger partial charge in [-0.05, 0) is 33.6 Å². The number of benzene rings is 1. The minimum atomic E-state index is 0.0375. The van der Waals surface area contributed by atoms with Crippen molar-refractivity contribution in [3.63, 3.8) is 0 Å². The predicted molar refractivity (Wildman–Crippen MR) is 78.4 cm³/mol. The number of allylic oxidation sites excluding steroid dienone is 1. The maximum atomic E-state index is 8.62. The normalized spacial score (nSPS) is 9.35. The van der Waals surface area contributed by atoms with Crippen LogP contribution in [0.4, 0.5) is 5.69 Å². The molecule has 1 heterocycles. The van der Waals surface area contributed by atoms with E-state index in [1.165, 1.54) is 6.20 Å². The van der Waals surface area contributed by atoms with Gasteiger partial charge in [-0.2, -0.15) is 15.6 Å². The number of halogens is 1. The van der Waals surface area contributed by atoms with Crippen LogP contribution in [0.3, 0.4) is 0 Å². The van der Waals surface area contributed by atoms with Crippen molar-refractivity contribution in [1.82, 2.24) is 9.78 Å². The summed E-state index contributed by atoms with van der Waals surface area (Å²) in [5, 5.41) is 24.3. The van der Waals surface area contributed by atoms with Crippen molar-refractivity contribution < 1.29 is 0 Å². The number of hydrogen-bond acceptors (Lipinski definition) is 4. The Kier molecular flexibility index (Phi) is 4.54. The number of aromatic nitrogens is 2. The van der Waals surface area contributed by atoms with E-state index in [-0.39, 0.29) is 5.57 Å². The largest absolute Gasteiger partial charge is 0.360 e. The average Bonchev–Trinajstić information content (AvgIpc) is 2.87. The van der Waals surface area contributed by atoms with Gasteiger partial charge in [0.2, 0.25) is 0 Å². The number of nitriles is 2. The molecule has 0 spiro atoms. The van der Waals surface area contributed by atoms with Gasteiger partial charge >= 0.3 is 0 Å². The summed E-state index contributed by atoms with van der Waals surface area (Å²) >= 11 is 3.35. The molecule has 0 saturated carbocycles. The van der Waals surface area contributed by atoms with E-state index < -0.39 is 0 Å². The fourth-order valence-corrected chi connectivity index (χ4v) is 1.89. The van der Waals surface area contributed by atoms with Gasteiger partial charge in [-0.25, -0.2) is 0 Å². The molecule has 2 rings (SSSR count). The molecule has 20 heavy (non-hydrogen) atoms. The Hall–Kier alpha value is -2.57. The third-order valence-electron chi connectivity index (χ3n) is 2.52. The van der Waals surface area contributed by atoms with Crippen LogP contribution in [0, 0.1) is 22.7 Å². The standard InChI is InChI=1S/C14H10BrN5/c15-13-8-19-20(10-13)9-11-1-3-14(4-2-11)18-7-12(5-16)6-17/h1-4,7-8,10,18H,9H2. The number of nitrogens with zero attached hydrogens (tertiary/aromatic N) is 4. The molecule has 1 aromatic carbocycles. The molecule has 2 aromatic rings. The summed E-state index contributed by atoms with van der Waals surface area (Å²) < 4.78 is 2.78. The molecule has 0 aliphatic rings. The highest BCUT2D eigenvalue weighted by Crippen LogP contribution is 2.12. The fraction of sp³-hybridized carbons (Fsp3) is 0.0714. The summed E-state index contributed by atoms with van der Waals surface area (Å²) in [7, 11) is 0. The van der Waals surface area contributed by atoms with E-state index in [0.717, 1.165) is 15.7 Å². The molecule has 0 aliphatic heterocycles. The molecule has 1 aromatic heterocycles. The lowest BCUT2D eigenvalue weighted by Crippen LogP contribution is -1.99. The summed E-state index contributed by atoms with van der Waals surface area (Å²) in [6, 6.07) is 11.3. The average molecular weight is 328 g/mol. The van der Waals surface area contributed by atoms with Crippen LogP contribution < -0.4 is 5.32 Å². The summed E-state index contributed by atoms with van der Waals surface area (Å²) in [6.07, 6.45) is 5.03. The van der Waals surface area contributed by atoms with E-state index in [1.807, 2.05) is 35.1 Å². The number of rotatable bonds is 4. The first-order valence-electron chi connectivity index (χ1n) is 5.75. The maximum Gasteiger partial charge on any atom is 0.145 e. The first-order chi connectivity index (χ1) is 9.71. The lowest BCUT2D eigenvalue weighted by Gasteiger charge is -2.04. The lowest BCUT2D eigenvalue weighted by molar-refractivity contribution is 0.687. The van der Waals surface area contributed by atoms with E-state index in [4.69, 9.17) is 10.5 Å². The number of hydrogen-bond donors (Lipinski definition) is 1. The first kappa shape index (κ1) is 13.9. The van der Waals surface area contributed by atoms with Crippen LogP contribution in [0.1, 0.15) is 5.56 Å².